The predicted octanol–water partition coefficient (Wildman–Crippen LogP) is 7.90. The van der Waals surface area contributed by atoms with E-state index in [1.807, 2.05) is 47.2 Å². The lowest BCUT2D eigenvalue weighted by Gasteiger charge is -2.29. The summed E-state index contributed by atoms with van der Waals surface area (Å²) in [6.07, 6.45) is 14.0. The van der Waals surface area contributed by atoms with E-state index < -0.39 is 16.2 Å². The lowest BCUT2D eigenvalue weighted by Crippen LogP contribution is -2.37. The molecule has 0 spiro atoms. The summed E-state index contributed by atoms with van der Waals surface area (Å²) in [5.74, 6) is 1.21. The van der Waals surface area contributed by atoms with Gasteiger partial charge in [0.2, 0.25) is 11.4 Å². The fraction of sp³-hybridized carbons (Fsp3) is 0.211. The van der Waals surface area contributed by atoms with E-state index in [9.17, 15) is 13.2 Å². The first kappa shape index (κ1) is 32.4. The molecule has 2 heterocycles. The van der Waals surface area contributed by atoms with Crippen molar-refractivity contribution in [1.29, 1.82) is 0 Å². The van der Waals surface area contributed by atoms with Crippen molar-refractivity contribution in [3.05, 3.63) is 142 Å². The van der Waals surface area contributed by atoms with Crippen LogP contribution in [-0.4, -0.2) is 20.9 Å². The molecule has 1 N–H and O–H groups in total. The smallest absolute Gasteiger partial charge is 0.362 e. The molecule has 3 aromatic carbocycles. The van der Waals surface area contributed by atoms with Crippen LogP contribution in [0.3, 0.4) is 0 Å². The maximum atomic E-state index is 12.3. The SMILES string of the molecule is CCOS(=O)(=O)NC(=O)CCC[n+]1c(C=CC=CC2=C3OC(c4ccccc4)=CC(c4ccccc4)=C3CCC2)sc2ccccc21. The molecule has 0 saturated carbocycles. The molecule has 1 amide bonds. The summed E-state index contributed by atoms with van der Waals surface area (Å²) in [5, 5.41) is 1.04. The van der Waals surface area contributed by atoms with E-state index in [1.54, 1.807) is 18.3 Å². The number of rotatable bonds is 12. The molecular formula is C38H37N2O5S2+. The Kier molecular flexibility index (Phi) is 10.3. The summed E-state index contributed by atoms with van der Waals surface area (Å²) >= 11 is 1.67. The topological polar surface area (TPSA) is 85.6 Å². The highest BCUT2D eigenvalue weighted by Gasteiger charge is 2.27. The van der Waals surface area contributed by atoms with Crippen molar-refractivity contribution in [1.82, 2.24) is 4.72 Å². The van der Waals surface area contributed by atoms with Gasteiger partial charge in [-0.1, -0.05) is 102 Å². The summed E-state index contributed by atoms with van der Waals surface area (Å²) in [7, 11) is -4.07. The van der Waals surface area contributed by atoms with Crippen LogP contribution in [0.25, 0.3) is 27.6 Å². The van der Waals surface area contributed by atoms with Crippen molar-refractivity contribution in [2.45, 2.75) is 45.6 Å². The van der Waals surface area contributed by atoms with Crippen LogP contribution >= 0.6 is 11.3 Å². The Morgan fingerprint density at radius 2 is 1.64 bits per heavy atom. The Hall–Kier alpha value is -4.57. The second-order valence-corrected chi connectivity index (χ2v) is 13.6. The molecule has 1 aliphatic heterocycles. The number of nitrogens with zero attached hydrogens (tertiary/aromatic N) is 1. The summed E-state index contributed by atoms with van der Waals surface area (Å²) in [4.78, 5) is 12.3. The average Bonchev–Trinajstić information content (AvgIpc) is 3.43. The molecule has 9 heteroatoms. The van der Waals surface area contributed by atoms with Gasteiger partial charge < -0.3 is 4.74 Å². The number of aromatic nitrogens is 1. The van der Waals surface area contributed by atoms with E-state index in [2.05, 4.69) is 81.6 Å². The molecule has 47 heavy (non-hydrogen) atoms. The highest BCUT2D eigenvalue weighted by Crippen LogP contribution is 2.43. The van der Waals surface area contributed by atoms with Crippen molar-refractivity contribution in [2.75, 3.05) is 6.61 Å². The maximum absolute atomic E-state index is 12.3. The number of amides is 1. The van der Waals surface area contributed by atoms with Gasteiger partial charge in [-0.05, 0) is 55.0 Å². The number of allylic oxidation sites excluding steroid dienone is 7. The van der Waals surface area contributed by atoms with Gasteiger partial charge in [0.15, 0.2) is 6.54 Å². The van der Waals surface area contributed by atoms with Gasteiger partial charge in [-0.25, -0.2) is 4.72 Å². The monoisotopic (exact) mass is 665 g/mol. The fourth-order valence-electron chi connectivity index (χ4n) is 5.89. The fourth-order valence-corrected chi connectivity index (χ4v) is 7.74. The first-order valence-electron chi connectivity index (χ1n) is 15.8. The number of ether oxygens (including phenoxy) is 1. The molecule has 2 aliphatic rings. The third-order valence-corrected chi connectivity index (χ3v) is 10.1. The summed E-state index contributed by atoms with van der Waals surface area (Å²) in [6.45, 7) is 2.08. The van der Waals surface area contributed by atoms with E-state index in [-0.39, 0.29) is 13.0 Å². The van der Waals surface area contributed by atoms with E-state index in [0.29, 0.717) is 13.0 Å². The molecule has 4 aromatic rings. The first-order chi connectivity index (χ1) is 22.9. The number of aryl methyl sites for hydroxylation is 1. The van der Waals surface area contributed by atoms with E-state index >= 15 is 0 Å². The molecule has 0 unspecified atom stereocenters. The van der Waals surface area contributed by atoms with E-state index in [0.717, 1.165) is 51.6 Å². The van der Waals surface area contributed by atoms with Crippen molar-refractivity contribution in [3.8, 4) is 0 Å². The number of nitrogens with one attached hydrogen (secondary N) is 1. The van der Waals surface area contributed by atoms with Crippen LogP contribution in [0.5, 0.6) is 0 Å². The second kappa shape index (κ2) is 14.9. The molecule has 0 atom stereocenters. The van der Waals surface area contributed by atoms with Crippen molar-refractivity contribution < 1.29 is 26.7 Å². The number of hydrogen-bond donors (Lipinski definition) is 1. The Bertz CT molecular complexity index is 2020. The van der Waals surface area contributed by atoms with Gasteiger partial charge in [0.05, 0.1) is 6.61 Å². The third-order valence-electron chi connectivity index (χ3n) is 7.98. The molecule has 240 valence electrons. The minimum Gasteiger partial charge on any atom is -0.456 e. The first-order valence-corrected chi connectivity index (χ1v) is 18.1. The van der Waals surface area contributed by atoms with Crippen molar-refractivity contribution in [3.63, 3.8) is 0 Å². The van der Waals surface area contributed by atoms with Crippen LogP contribution in [0.1, 0.15) is 55.2 Å². The average molecular weight is 666 g/mol. The van der Waals surface area contributed by atoms with Crippen LogP contribution in [-0.2, 0) is 30.6 Å². The largest absolute Gasteiger partial charge is 0.456 e. The minimum absolute atomic E-state index is 0.0342. The molecule has 0 fully saturated rings. The third kappa shape index (κ3) is 7.88. The molecule has 0 saturated heterocycles. The summed E-state index contributed by atoms with van der Waals surface area (Å²) in [6, 6.07) is 28.9. The number of para-hydroxylation sites is 1. The van der Waals surface area contributed by atoms with Gasteiger partial charge in [-0.15, -0.1) is 0 Å². The summed E-state index contributed by atoms with van der Waals surface area (Å²) in [5.41, 5.74) is 6.92. The Labute approximate surface area is 280 Å². The zero-order chi connectivity index (χ0) is 32.6. The van der Waals surface area contributed by atoms with Crippen molar-refractivity contribution in [2.24, 2.45) is 0 Å². The molecule has 6 rings (SSSR count). The lowest BCUT2D eigenvalue weighted by atomic mass is 9.85. The number of hydrogen-bond acceptors (Lipinski definition) is 6. The highest BCUT2D eigenvalue weighted by molar-refractivity contribution is 7.85. The number of benzene rings is 3. The zero-order valence-electron chi connectivity index (χ0n) is 26.2. The number of fused-ring (bicyclic) bond motifs is 2. The van der Waals surface area contributed by atoms with Gasteiger partial charge in [0, 0.05) is 36.1 Å². The van der Waals surface area contributed by atoms with Crippen molar-refractivity contribution >= 4 is 55.2 Å². The maximum Gasteiger partial charge on any atom is 0.362 e. The van der Waals surface area contributed by atoms with Gasteiger partial charge in [0.1, 0.15) is 16.2 Å². The molecular weight excluding hydrogens is 629 g/mol. The van der Waals surface area contributed by atoms with Gasteiger partial charge in [-0.3, -0.25) is 8.98 Å². The lowest BCUT2D eigenvalue weighted by molar-refractivity contribution is -0.669. The quantitative estimate of drug-likeness (QED) is 0.123. The normalized spacial score (nSPS) is 15.3. The standard InChI is InChI=1S/C38H36N2O5S2/c1-2-44-47(42,43)39-36(41)24-14-26-40-33-22-10-11-23-35(33)46-37(40)25-12-9-19-30-20-13-21-31-32(28-15-5-3-6-16-28)27-34(45-38(30)31)29-17-7-4-8-18-29/h3-12,15-19,22-23,25,27H,2,13-14,20-21,24,26H2,1H3/p+1. The molecule has 1 aliphatic carbocycles. The van der Waals surface area contributed by atoms with Gasteiger partial charge in [-0.2, -0.15) is 13.0 Å². The van der Waals surface area contributed by atoms with E-state index in [1.165, 1.54) is 22.3 Å². The molecule has 0 bridgehead atoms. The minimum atomic E-state index is -4.07. The van der Waals surface area contributed by atoms with Crippen LogP contribution in [0.4, 0.5) is 0 Å². The molecule has 7 nitrogen and oxygen atoms in total. The molecule has 1 aromatic heterocycles. The Morgan fingerprint density at radius 1 is 0.936 bits per heavy atom. The number of carbonyl (C=O) groups is 1. The highest BCUT2D eigenvalue weighted by atomic mass is 32.2. The second-order valence-electron chi connectivity index (χ2n) is 11.2. The number of carbonyl (C=O) groups excluding carboxylic acids is 1. The van der Waals surface area contributed by atoms with Gasteiger partial charge >= 0.3 is 10.3 Å². The van der Waals surface area contributed by atoms with Crippen LogP contribution in [0.15, 0.2) is 126 Å². The van der Waals surface area contributed by atoms with Gasteiger partial charge in [0.25, 0.3) is 5.01 Å². The predicted molar refractivity (Wildman–Crippen MR) is 188 cm³/mol. The zero-order valence-corrected chi connectivity index (χ0v) is 27.9. The van der Waals surface area contributed by atoms with E-state index in [4.69, 9.17) is 4.74 Å². The Morgan fingerprint density at radius 3 is 2.40 bits per heavy atom. The van der Waals surface area contributed by atoms with Crippen LogP contribution < -0.4 is 9.29 Å². The summed E-state index contributed by atoms with van der Waals surface area (Å²) < 4.78 is 40.1. The molecule has 0 radical (unpaired) electrons. The number of thiazole rings is 1. The Balaban J connectivity index is 1.24. The van der Waals surface area contributed by atoms with Crippen LogP contribution in [0, 0.1) is 0 Å². The van der Waals surface area contributed by atoms with Crippen LogP contribution in [0.2, 0.25) is 0 Å².